The molecule has 0 atom stereocenters. The van der Waals surface area contributed by atoms with Gasteiger partial charge in [0.15, 0.2) is 0 Å². The molecule has 0 amide bonds. The molecule has 0 aromatic rings. The Hall–Kier alpha value is 1.29. The van der Waals surface area contributed by atoms with Crippen molar-refractivity contribution >= 4 is 29.6 Å². The van der Waals surface area contributed by atoms with Crippen molar-refractivity contribution in [3.8, 4) is 0 Å². The Labute approximate surface area is 65.0 Å². The molecule has 8 heavy (non-hydrogen) atoms. The third kappa shape index (κ3) is 173. The first-order valence-electron chi connectivity index (χ1n) is 1.13. The van der Waals surface area contributed by atoms with Gasteiger partial charge in [-0.1, -0.05) is 0 Å². The molecule has 0 radical (unpaired) electrons. The van der Waals surface area contributed by atoms with Crippen LogP contribution in [0, 0.1) is 0 Å². The van der Waals surface area contributed by atoms with Gasteiger partial charge in [-0.15, -0.1) is 0 Å². The number of hydrogen-bond donors (Lipinski definition) is 0. The van der Waals surface area contributed by atoms with Gasteiger partial charge in [0.25, 0.3) is 0 Å². The van der Waals surface area contributed by atoms with E-state index in [1.807, 2.05) is 0 Å². The molecule has 0 nitrogen and oxygen atoms in total. The summed E-state index contributed by atoms with van der Waals surface area (Å²) in [6, 6.07) is 0. The second-order valence-corrected chi connectivity index (χ2v) is 4.42. The molecular formula is HF6NaTi. The Bertz CT molecular complexity index is 67.1. The van der Waals surface area contributed by atoms with Crippen LogP contribution in [0.2, 0.25) is 0 Å². The first-order chi connectivity index (χ1) is 2.45. The first-order valence-corrected chi connectivity index (χ1v) is 4.68. The van der Waals surface area contributed by atoms with E-state index in [9.17, 15) is 18.6 Å². The Balaban J connectivity index is 0. The second kappa shape index (κ2) is 1.66. The third-order valence-electron chi connectivity index (χ3n) is 0. The summed E-state index contributed by atoms with van der Waals surface area (Å²) in [7, 11) is 0. The molecule has 0 fully saturated rings. The molecule has 0 aliphatic heterocycles. The van der Waals surface area contributed by atoms with Crippen LogP contribution in [0.25, 0.3) is 0 Å². The predicted octanol–water partition coefficient (Wildman–Crippen LogP) is 1.87. The van der Waals surface area contributed by atoms with E-state index in [2.05, 4.69) is 0 Å². The van der Waals surface area contributed by atoms with Gasteiger partial charge < -0.3 is 0 Å². The van der Waals surface area contributed by atoms with Crippen LogP contribution in [-0.4, -0.2) is 29.6 Å². The van der Waals surface area contributed by atoms with E-state index in [1.54, 1.807) is 0 Å². The molecule has 0 unspecified atom stereocenters. The molecule has 0 aromatic heterocycles. The molecule has 0 bridgehead atoms. The summed E-state index contributed by atoms with van der Waals surface area (Å²) < 4.78 is 59.5. The molecule has 0 rings (SSSR count). The van der Waals surface area contributed by atoms with Crippen molar-refractivity contribution in [2.45, 2.75) is 0 Å². The molecule has 0 aliphatic rings. The van der Waals surface area contributed by atoms with E-state index < -0.39 is 17.2 Å². The quantitative estimate of drug-likeness (QED) is 0.400. The number of rotatable bonds is 0. The second-order valence-electron chi connectivity index (χ2n) is 1.07. The van der Waals surface area contributed by atoms with E-state index >= 15 is 0 Å². The Morgan fingerprint density at radius 1 is 0.625 bits per heavy atom. The standard InChI is InChI=1S/6FH.Na.Ti.H/h6*1H;;;/q;;;;;;;+6;/p-6. The molecule has 0 heterocycles. The van der Waals surface area contributed by atoms with Crippen molar-refractivity contribution in [3.63, 3.8) is 0 Å². The van der Waals surface area contributed by atoms with Gasteiger partial charge in [-0.3, -0.25) is 0 Å². The van der Waals surface area contributed by atoms with E-state index in [1.165, 1.54) is 0 Å². The van der Waals surface area contributed by atoms with E-state index in [0.29, 0.717) is 0 Å². The minimum absolute atomic E-state index is 0. The summed E-state index contributed by atoms with van der Waals surface area (Å²) in [6.07, 6.45) is 0. The Morgan fingerprint density at radius 2 is 0.625 bits per heavy atom. The molecule has 0 aromatic carbocycles. The van der Waals surface area contributed by atoms with Crippen LogP contribution < -0.4 is 0 Å². The van der Waals surface area contributed by atoms with Gasteiger partial charge in [-0.25, -0.2) is 0 Å². The molecule has 0 N–H and O–H groups in total. The molecule has 0 spiro atoms. The maximum absolute atomic E-state index is 11.2. The third-order valence-corrected chi connectivity index (χ3v) is 0. The maximum atomic E-state index is 9.92. The van der Waals surface area contributed by atoms with Crippen LogP contribution in [0.15, 0.2) is 0 Å². The van der Waals surface area contributed by atoms with E-state index in [-0.39, 0.29) is 29.6 Å². The van der Waals surface area contributed by atoms with Crippen LogP contribution in [0.3, 0.4) is 0 Å². The van der Waals surface area contributed by atoms with Crippen LogP contribution in [-0.2, 0) is 17.2 Å². The summed E-state index contributed by atoms with van der Waals surface area (Å²) in [5, 5.41) is 0. The van der Waals surface area contributed by atoms with Crippen molar-refractivity contribution in [2.24, 2.45) is 0 Å². The summed E-state index contributed by atoms with van der Waals surface area (Å²) in [4.78, 5) is 0. The zero-order valence-corrected chi connectivity index (χ0v) is 4.33. The van der Waals surface area contributed by atoms with Crippen molar-refractivity contribution in [1.29, 1.82) is 0 Å². The zero-order valence-electron chi connectivity index (χ0n) is 2.77. The monoisotopic (exact) mass is 186 g/mol. The Kier molecular flexibility index (Phi) is 2.50. The fourth-order valence-corrected chi connectivity index (χ4v) is 0. The van der Waals surface area contributed by atoms with Crippen molar-refractivity contribution in [2.75, 3.05) is 0 Å². The number of halogens is 6. The van der Waals surface area contributed by atoms with Crippen LogP contribution in [0.4, 0.5) is 18.6 Å². The molecule has 0 saturated heterocycles. The van der Waals surface area contributed by atoms with Crippen molar-refractivity contribution < 1.29 is 35.8 Å². The molecule has 48 valence electrons. The fourth-order valence-electron chi connectivity index (χ4n) is 0. The predicted molar refractivity (Wildman–Crippen MR) is 13.8 cm³/mol. The van der Waals surface area contributed by atoms with Crippen molar-refractivity contribution in [1.82, 2.24) is 0 Å². The van der Waals surface area contributed by atoms with Gasteiger partial charge in [-0.05, 0) is 0 Å². The zero-order chi connectivity index (χ0) is 6.41. The van der Waals surface area contributed by atoms with Gasteiger partial charge in [-0.2, -0.15) is 0 Å². The van der Waals surface area contributed by atoms with Gasteiger partial charge in [0.1, 0.15) is 0 Å². The fraction of sp³-hybridized carbons (Fsp3) is 0. The summed E-state index contributed by atoms with van der Waals surface area (Å²) in [5.41, 5.74) is 0. The summed E-state index contributed by atoms with van der Waals surface area (Å²) >= 11 is -11.2. The van der Waals surface area contributed by atoms with Crippen molar-refractivity contribution in [3.05, 3.63) is 0 Å². The number of hydrogen-bond acceptors (Lipinski definition) is 0. The topological polar surface area (TPSA) is 0 Å². The SMILES string of the molecule is [F][Ti]([F])([F])([F])([F])[F].[NaH]. The van der Waals surface area contributed by atoms with Crippen LogP contribution in [0.1, 0.15) is 0 Å². The minimum atomic E-state index is -11.2. The molecule has 8 heteroatoms. The average molecular weight is 186 g/mol. The first kappa shape index (κ1) is 12.0. The van der Waals surface area contributed by atoms with Gasteiger partial charge in [0, 0.05) is 0 Å². The Morgan fingerprint density at radius 3 is 0.625 bits per heavy atom. The summed E-state index contributed by atoms with van der Waals surface area (Å²) in [5.74, 6) is 0. The van der Waals surface area contributed by atoms with E-state index in [4.69, 9.17) is 0 Å². The molecular weight excluding hydrogens is 185 g/mol. The van der Waals surface area contributed by atoms with Gasteiger partial charge >= 0.3 is 65.3 Å². The van der Waals surface area contributed by atoms with Crippen LogP contribution >= 0.6 is 0 Å². The average Bonchev–Trinajstić information content (AvgIpc) is 0.592. The van der Waals surface area contributed by atoms with Crippen LogP contribution in [0.5, 0.6) is 0 Å². The summed E-state index contributed by atoms with van der Waals surface area (Å²) in [6.45, 7) is 0. The van der Waals surface area contributed by atoms with Gasteiger partial charge in [0.2, 0.25) is 0 Å². The van der Waals surface area contributed by atoms with E-state index in [0.717, 1.165) is 0 Å². The molecule has 0 aliphatic carbocycles. The molecule has 0 saturated carbocycles. The normalized spacial score (nSPS) is 20.2. The van der Waals surface area contributed by atoms with Gasteiger partial charge in [0.05, 0.1) is 0 Å².